The topological polar surface area (TPSA) is 56.7 Å². The quantitative estimate of drug-likeness (QED) is 0.762. The van der Waals surface area contributed by atoms with Crippen LogP contribution in [0.2, 0.25) is 0 Å². The van der Waals surface area contributed by atoms with Crippen LogP contribution in [0.25, 0.3) is 16.7 Å². The number of fused-ring (bicyclic) bond motifs is 1. The summed E-state index contributed by atoms with van der Waals surface area (Å²) in [7, 11) is 0. The first-order chi connectivity index (χ1) is 9.19. The zero-order chi connectivity index (χ0) is 13.4. The molecule has 0 saturated heterocycles. The van der Waals surface area contributed by atoms with Crippen LogP contribution in [0.3, 0.4) is 0 Å². The van der Waals surface area contributed by atoms with Gasteiger partial charge in [0.15, 0.2) is 5.65 Å². The van der Waals surface area contributed by atoms with Crippen molar-refractivity contribution in [2.45, 2.75) is 20.4 Å². The SMILES string of the molecule is Cc1ccc(-n2nc(C)c3cc(CN)cnc32)cc1. The number of rotatable bonds is 2. The largest absolute Gasteiger partial charge is 0.326 e. The summed E-state index contributed by atoms with van der Waals surface area (Å²) in [6.45, 7) is 4.56. The second-order valence-corrected chi connectivity index (χ2v) is 4.75. The number of benzene rings is 1. The van der Waals surface area contributed by atoms with Crippen molar-refractivity contribution in [2.24, 2.45) is 5.73 Å². The van der Waals surface area contributed by atoms with Crippen LogP contribution in [-0.2, 0) is 6.54 Å². The lowest BCUT2D eigenvalue weighted by Crippen LogP contribution is -1.99. The third kappa shape index (κ3) is 2.00. The molecule has 4 heteroatoms. The van der Waals surface area contributed by atoms with Crippen molar-refractivity contribution in [2.75, 3.05) is 0 Å². The number of aromatic nitrogens is 3. The van der Waals surface area contributed by atoms with Crippen LogP contribution in [0.4, 0.5) is 0 Å². The lowest BCUT2D eigenvalue weighted by Gasteiger charge is -2.03. The van der Waals surface area contributed by atoms with Crippen LogP contribution >= 0.6 is 0 Å². The fourth-order valence-corrected chi connectivity index (χ4v) is 2.16. The van der Waals surface area contributed by atoms with E-state index >= 15 is 0 Å². The van der Waals surface area contributed by atoms with Crippen LogP contribution < -0.4 is 5.73 Å². The summed E-state index contributed by atoms with van der Waals surface area (Å²) in [6, 6.07) is 10.3. The maximum atomic E-state index is 5.66. The number of pyridine rings is 1. The van der Waals surface area contributed by atoms with E-state index in [1.165, 1.54) is 5.56 Å². The molecule has 3 rings (SSSR count). The summed E-state index contributed by atoms with van der Waals surface area (Å²) >= 11 is 0. The van der Waals surface area contributed by atoms with E-state index in [4.69, 9.17) is 5.73 Å². The Morgan fingerprint density at radius 3 is 2.58 bits per heavy atom. The average Bonchev–Trinajstić information content (AvgIpc) is 2.76. The number of hydrogen-bond acceptors (Lipinski definition) is 3. The van der Waals surface area contributed by atoms with E-state index < -0.39 is 0 Å². The molecule has 0 amide bonds. The maximum Gasteiger partial charge on any atom is 0.163 e. The summed E-state index contributed by atoms with van der Waals surface area (Å²) < 4.78 is 1.88. The van der Waals surface area contributed by atoms with Gasteiger partial charge in [-0.2, -0.15) is 5.10 Å². The maximum absolute atomic E-state index is 5.66. The zero-order valence-electron chi connectivity index (χ0n) is 11.1. The van der Waals surface area contributed by atoms with Crippen LogP contribution in [0.15, 0.2) is 36.5 Å². The van der Waals surface area contributed by atoms with Crippen molar-refractivity contribution in [3.05, 3.63) is 53.3 Å². The molecule has 3 aromatic rings. The lowest BCUT2D eigenvalue weighted by atomic mass is 10.2. The van der Waals surface area contributed by atoms with Gasteiger partial charge in [0, 0.05) is 18.1 Å². The molecule has 0 aliphatic rings. The number of hydrogen-bond donors (Lipinski definition) is 1. The third-order valence-corrected chi connectivity index (χ3v) is 3.28. The molecule has 96 valence electrons. The Kier molecular flexibility index (Phi) is 2.80. The minimum atomic E-state index is 0.498. The molecule has 0 aliphatic carbocycles. The Balaban J connectivity index is 2.22. The highest BCUT2D eigenvalue weighted by molar-refractivity contribution is 5.80. The van der Waals surface area contributed by atoms with Crippen molar-refractivity contribution < 1.29 is 0 Å². The molecule has 0 radical (unpaired) electrons. The first-order valence-corrected chi connectivity index (χ1v) is 6.30. The van der Waals surface area contributed by atoms with E-state index in [9.17, 15) is 0 Å². The molecule has 2 heterocycles. The Hall–Kier alpha value is -2.20. The highest BCUT2D eigenvalue weighted by Gasteiger charge is 2.10. The van der Waals surface area contributed by atoms with Gasteiger partial charge < -0.3 is 5.73 Å². The highest BCUT2D eigenvalue weighted by atomic mass is 15.3. The Morgan fingerprint density at radius 1 is 1.16 bits per heavy atom. The monoisotopic (exact) mass is 252 g/mol. The average molecular weight is 252 g/mol. The van der Waals surface area contributed by atoms with Gasteiger partial charge in [-0.25, -0.2) is 9.67 Å². The molecular weight excluding hydrogens is 236 g/mol. The third-order valence-electron chi connectivity index (χ3n) is 3.28. The van der Waals surface area contributed by atoms with Gasteiger partial charge in [-0.1, -0.05) is 17.7 Å². The normalized spacial score (nSPS) is 11.1. The van der Waals surface area contributed by atoms with Crippen molar-refractivity contribution in [1.82, 2.24) is 14.8 Å². The van der Waals surface area contributed by atoms with Crippen LogP contribution in [0.5, 0.6) is 0 Å². The van der Waals surface area contributed by atoms with Crippen LogP contribution in [-0.4, -0.2) is 14.8 Å². The predicted octanol–water partition coefficient (Wildman–Crippen LogP) is 2.50. The van der Waals surface area contributed by atoms with Gasteiger partial charge in [0.1, 0.15) is 0 Å². The number of nitrogens with two attached hydrogens (primary N) is 1. The fourth-order valence-electron chi connectivity index (χ4n) is 2.16. The van der Waals surface area contributed by atoms with Gasteiger partial charge in [-0.3, -0.25) is 0 Å². The smallest absolute Gasteiger partial charge is 0.163 e. The standard InChI is InChI=1S/C15H16N4/c1-10-3-5-13(6-4-10)19-15-14(11(2)18-19)7-12(8-16)9-17-15/h3-7,9H,8,16H2,1-2H3. The molecule has 4 nitrogen and oxygen atoms in total. The van der Waals surface area contributed by atoms with E-state index in [0.717, 1.165) is 28.0 Å². The van der Waals surface area contributed by atoms with Crippen molar-refractivity contribution in [1.29, 1.82) is 0 Å². The Morgan fingerprint density at radius 2 is 1.89 bits per heavy atom. The predicted molar refractivity (Wildman–Crippen MR) is 76.2 cm³/mol. The van der Waals surface area contributed by atoms with E-state index in [0.29, 0.717) is 6.54 Å². The summed E-state index contributed by atoms with van der Waals surface area (Å²) in [6.07, 6.45) is 1.81. The van der Waals surface area contributed by atoms with E-state index in [-0.39, 0.29) is 0 Å². The van der Waals surface area contributed by atoms with E-state index in [1.807, 2.05) is 17.8 Å². The number of aryl methyl sites for hydroxylation is 2. The van der Waals surface area contributed by atoms with Crippen molar-refractivity contribution in [3.63, 3.8) is 0 Å². The van der Waals surface area contributed by atoms with Crippen LogP contribution in [0, 0.1) is 13.8 Å². The second kappa shape index (κ2) is 4.48. The summed E-state index contributed by atoms with van der Waals surface area (Å²) in [5.74, 6) is 0. The summed E-state index contributed by atoms with van der Waals surface area (Å²) in [5.41, 5.74) is 10.8. The first kappa shape index (κ1) is 11.9. The minimum absolute atomic E-state index is 0.498. The molecule has 0 atom stereocenters. The molecular formula is C15H16N4. The molecule has 0 aliphatic heterocycles. The molecule has 0 fully saturated rings. The zero-order valence-corrected chi connectivity index (χ0v) is 11.1. The van der Waals surface area contributed by atoms with Gasteiger partial charge in [-0.15, -0.1) is 0 Å². The van der Waals surface area contributed by atoms with Gasteiger partial charge in [-0.05, 0) is 37.6 Å². The molecule has 2 aromatic heterocycles. The summed E-state index contributed by atoms with van der Waals surface area (Å²) in [4.78, 5) is 4.49. The first-order valence-electron chi connectivity index (χ1n) is 6.30. The van der Waals surface area contributed by atoms with Crippen molar-refractivity contribution in [3.8, 4) is 5.69 Å². The molecule has 1 aromatic carbocycles. The van der Waals surface area contributed by atoms with Crippen LogP contribution in [0.1, 0.15) is 16.8 Å². The molecule has 0 unspecified atom stereocenters. The fraction of sp³-hybridized carbons (Fsp3) is 0.200. The van der Waals surface area contributed by atoms with Gasteiger partial charge >= 0.3 is 0 Å². The molecule has 0 saturated carbocycles. The Bertz CT molecular complexity index is 726. The van der Waals surface area contributed by atoms with Gasteiger partial charge in [0.05, 0.1) is 11.4 Å². The van der Waals surface area contributed by atoms with E-state index in [2.05, 4.69) is 47.3 Å². The van der Waals surface area contributed by atoms with E-state index in [1.54, 1.807) is 0 Å². The van der Waals surface area contributed by atoms with Crippen molar-refractivity contribution >= 4 is 11.0 Å². The molecule has 19 heavy (non-hydrogen) atoms. The van der Waals surface area contributed by atoms with Gasteiger partial charge in [0.25, 0.3) is 0 Å². The lowest BCUT2D eigenvalue weighted by molar-refractivity contribution is 0.876. The molecule has 2 N–H and O–H groups in total. The highest BCUT2D eigenvalue weighted by Crippen LogP contribution is 2.21. The van der Waals surface area contributed by atoms with Gasteiger partial charge in [0.2, 0.25) is 0 Å². The molecule has 0 spiro atoms. The Labute approximate surface area is 111 Å². The minimum Gasteiger partial charge on any atom is -0.326 e. The molecule has 0 bridgehead atoms. The summed E-state index contributed by atoms with van der Waals surface area (Å²) in [5, 5.41) is 5.64. The number of nitrogens with zero attached hydrogens (tertiary/aromatic N) is 3. The second-order valence-electron chi connectivity index (χ2n) is 4.75.